The molecule has 0 aromatic heterocycles. The van der Waals surface area contributed by atoms with Crippen molar-refractivity contribution in [3.63, 3.8) is 0 Å². The molecule has 6 nitrogen and oxygen atoms in total. The van der Waals surface area contributed by atoms with Crippen molar-refractivity contribution in [2.75, 3.05) is 27.4 Å². The van der Waals surface area contributed by atoms with Crippen LogP contribution in [0.5, 0.6) is 23.0 Å². The van der Waals surface area contributed by atoms with E-state index in [0.29, 0.717) is 41.8 Å². The number of ether oxygens (including phenoxy) is 4. The van der Waals surface area contributed by atoms with E-state index in [-0.39, 0.29) is 11.9 Å². The number of methoxy groups -OCH3 is 2. The van der Waals surface area contributed by atoms with E-state index < -0.39 is 0 Å². The van der Waals surface area contributed by atoms with Crippen molar-refractivity contribution in [3.05, 3.63) is 47.5 Å². The first-order chi connectivity index (χ1) is 13.0. The van der Waals surface area contributed by atoms with Gasteiger partial charge in [-0.15, -0.1) is 0 Å². The van der Waals surface area contributed by atoms with Crippen LogP contribution in [0.4, 0.5) is 0 Å². The molecule has 0 heterocycles. The van der Waals surface area contributed by atoms with E-state index in [9.17, 15) is 4.79 Å². The zero-order chi connectivity index (χ0) is 19.8. The Bertz CT molecular complexity index is 775. The summed E-state index contributed by atoms with van der Waals surface area (Å²) >= 11 is 0. The lowest BCUT2D eigenvalue weighted by Gasteiger charge is -2.19. The van der Waals surface area contributed by atoms with Gasteiger partial charge in [-0.2, -0.15) is 0 Å². The molecule has 1 N–H and O–H groups in total. The summed E-state index contributed by atoms with van der Waals surface area (Å²) in [6.45, 7) is 6.70. The Morgan fingerprint density at radius 2 is 1.59 bits per heavy atom. The molecule has 0 radical (unpaired) electrons. The van der Waals surface area contributed by atoms with Crippen molar-refractivity contribution in [1.29, 1.82) is 0 Å². The maximum absolute atomic E-state index is 12.7. The first-order valence-electron chi connectivity index (χ1n) is 8.96. The maximum atomic E-state index is 12.7. The number of carbonyl (C=O) groups excluding carboxylic acids is 1. The summed E-state index contributed by atoms with van der Waals surface area (Å²) in [4.78, 5) is 12.7. The second-order valence-corrected chi connectivity index (χ2v) is 5.83. The van der Waals surface area contributed by atoms with Crippen molar-refractivity contribution in [3.8, 4) is 23.0 Å². The van der Waals surface area contributed by atoms with Crippen molar-refractivity contribution >= 4 is 5.91 Å². The number of amides is 1. The summed E-state index contributed by atoms with van der Waals surface area (Å²) in [6.07, 6.45) is 0. The standard InChI is InChI=1S/C21H27NO5/c1-6-26-19-10-8-15(12-20(19)27-7-2)21(23)22-14(3)17-13-16(24-4)9-11-18(17)25-5/h8-14H,6-7H2,1-5H3,(H,22,23). The Kier molecular flexibility index (Phi) is 7.34. The van der Waals surface area contributed by atoms with Gasteiger partial charge in [0.2, 0.25) is 0 Å². The molecule has 0 fully saturated rings. The third-order valence-electron chi connectivity index (χ3n) is 4.06. The summed E-state index contributed by atoms with van der Waals surface area (Å²) < 4.78 is 21.8. The Labute approximate surface area is 160 Å². The van der Waals surface area contributed by atoms with E-state index in [1.54, 1.807) is 32.4 Å². The largest absolute Gasteiger partial charge is 0.497 e. The number of rotatable bonds is 9. The first-order valence-corrected chi connectivity index (χ1v) is 8.96. The highest BCUT2D eigenvalue weighted by molar-refractivity contribution is 5.95. The van der Waals surface area contributed by atoms with Gasteiger partial charge >= 0.3 is 0 Å². The van der Waals surface area contributed by atoms with Crippen LogP contribution < -0.4 is 24.3 Å². The molecule has 1 amide bonds. The van der Waals surface area contributed by atoms with E-state index in [1.807, 2.05) is 39.0 Å². The molecular formula is C21H27NO5. The molecule has 1 unspecified atom stereocenters. The molecule has 0 aliphatic carbocycles. The van der Waals surface area contributed by atoms with Crippen LogP contribution in [0.1, 0.15) is 42.7 Å². The summed E-state index contributed by atoms with van der Waals surface area (Å²) in [5.74, 6) is 2.35. The molecule has 0 aliphatic rings. The third-order valence-corrected chi connectivity index (χ3v) is 4.06. The minimum atomic E-state index is -0.273. The average Bonchev–Trinajstić information content (AvgIpc) is 2.68. The third kappa shape index (κ3) is 5.06. The molecule has 2 aromatic carbocycles. The molecular weight excluding hydrogens is 346 g/mol. The summed E-state index contributed by atoms with van der Waals surface area (Å²) in [5.41, 5.74) is 1.33. The Morgan fingerprint density at radius 3 is 2.22 bits per heavy atom. The van der Waals surface area contributed by atoms with Crippen molar-refractivity contribution in [2.45, 2.75) is 26.8 Å². The van der Waals surface area contributed by atoms with E-state index in [1.165, 1.54) is 0 Å². The van der Waals surface area contributed by atoms with E-state index in [2.05, 4.69) is 5.32 Å². The molecule has 0 saturated heterocycles. The van der Waals surface area contributed by atoms with Gasteiger partial charge < -0.3 is 24.3 Å². The molecule has 1 atom stereocenters. The van der Waals surface area contributed by atoms with Crippen molar-refractivity contribution < 1.29 is 23.7 Å². The van der Waals surface area contributed by atoms with Gasteiger partial charge in [0.25, 0.3) is 5.91 Å². The molecule has 0 spiro atoms. The Hall–Kier alpha value is -2.89. The predicted octanol–water partition coefficient (Wildman–Crippen LogP) is 3.99. The fourth-order valence-corrected chi connectivity index (χ4v) is 2.73. The van der Waals surface area contributed by atoms with Gasteiger partial charge in [-0.3, -0.25) is 4.79 Å². The van der Waals surface area contributed by atoms with Gasteiger partial charge in [-0.1, -0.05) is 0 Å². The molecule has 146 valence electrons. The molecule has 2 rings (SSSR count). The SMILES string of the molecule is CCOc1ccc(C(=O)NC(C)c2cc(OC)ccc2OC)cc1OCC. The van der Waals surface area contributed by atoms with Crippen molar-refractivity contribution in [1.82, 2.24) is 5.32 Å². The summed E-state index contributed by atoms with van der Waals surface area (Å²) in [5, 5.41) is 2.99. The predicted molar refractivity (Wildman–Crippen MR) is 104 cm³/mol. The summed E-state index contributed by atoms with van der Waals surface area (Å²) in [6, 6.07) is 10.4. The number of benzene rings is 2. The molecule has 6 heteroatoms. The van der Waals surface area contributed by atoms with E-state index >= 15 is 0 Å². The molecule has 0 bridgehead atoms. The molecule has 27 heavy (non-hydrogen) atoms. The summed E-state index contributed by atoms with van der Waals surface area (Å²) in [7, 11) is 3.20. The van der Waals surface area contributed by atoms with Gasteiger partial charge in [0, 0.05) is 11.1 Å². The molecule has 0 saturated carbocycles. The fourth-order valence-electron chi connectivity index (χ4n) is 2.73. The lowest BCUT2D eigenvalue weighted by molar-refractivity contribution is 0.0939. The fraction of sp³-hybridized carbons (Fsp3) is 0.381. The average molecular weight is 373 g/mol. The normalized spacial score (nSPS) is 11.4. The van der Waals surface area contributed by atoms with Gasteiger partial charge in [0.05, 0.1) is 33.5 Å². The van der Waals surface area contributed by atoms with Crippen molar-refractivity contribution in [2.24, 2.45) is 0 Å². The highest BCUT2D eigenvalue weighted by atomic mass is 16.5. The van der Waals surface area contributed by atoms with Gasteiger partial charge in [0.15, 0.2) is 11.5 Å². The monoisotopic (exact) mass is 373 g/mol. The number of hydrogen-bond donors (Lipinski definition) is 1. The number of nitrogens with one attached hydrogen (secondary N) is 1. The minimum Gasteiger partial charge on any atom is -0.497 e. The van der Waals surface area contributed by atoms with Gasteiger partial charge in [-0.25, -0.2) is 0 Å². The highest BCUT2D eigenvalue weighted by Gasteiger charge is 2.18. The lowest BCUT2D eigenvalue weighted by Crippen LogP contribution is -2.27. The first kappa shape index (κ1) is 20.4. The highest BCUT2D eigenvalue weighted by Crippen LogP contribution is 2.31. The van der Waals surface area contributed by atoms with Crippen LogP contribution in [0.2, 0.25) is 0 Å². The van der Waals surface area contributed by atoms with Crippen LogP contribution in [-0.4, -0.2) is 33.3 Å². The quantitative estimate of drug-likeness (QED) is 0.720. The van der Waals surface area contributed by atoms with Crippen LogP contribution >= 0.6 is 0 Å². The maximum Gasteiger partial charge on any atom is 0.251 e. The van der Waals surface area contributed by atoms with E-state index in [4.69, 9.17) is 18.9 Å². The number of carbonyl (C=O) groups is 1. The van der Waals surface area contributed by atoms with Crippen LogP contribution in [0, 0.1) is 0 Å². The lowest BCUT2D eigenvalue weighted by atomic mass is 10.1. The smallest absolute Gasteiger partial charge is 0.251 e. The Balaban J connectivity index is 2.22. The van der Waals surface area contributed by atoms with Crippen LogP contribution in [0.3, 0.4) is 0 Å². The van der Waals surface area contributed by atoms with Gasteiger partial charge in [-0.05, 0) is 57.2 Å². The second kappa shape index (κ2) is 9.71. The molecule has 0 aliphatic heterocycles. The van der Waals surface area contributed by atoms with Crippen LogP contribution in [0.15, 0.2) is 36.4 Å². The zero-order valence-electron chi connectivity index (χ0n) is 16.5. The number of hydrogen-bond acceptors (Lipinski definition) is 5. The molecule has 2 aromatic rings. The minimum absolute atomic E-state index is 0.212. The van der Waals surface area contributed by atoms with Crippen LogP contribution in [0.25, 0.3) is 0 Å². The Morgan fingerprint density at radius 1 is 0.926 bits per heavy atom. The zero-order valence-corrected chi connectivity index (χ0v) is 16.5. The second-order valence-electron chi connectivity index (χ2n) is 5.83. The van der Waals surface area contributed by atoms with E-state index in [0.717, 1.165) is 5.56 Å². The van der Waals surface area contributed by atoms with Gasteiger partial charge in [0.1, 0.15) is 11.5 Å². The topological polar surface area (TPSA) is 66.0 Å². The van der Waals surface area contributed by atoms with Crippen LogP contribution in [-0.2, 0) is 0 Å².